The molecule has 3 amide bonds. The van der Waals surface area contributed by atoms with Gasteiger partial charge in [-0.25, -0.2) is 4.79 Å². The fourth-order valence-electron chi connectivity index (χ4n) is 2.96. The summed E-state index contributed by atoms with van der Waals surface area (Å²) < 4.78 is 10.4. The van der Waals surface area contributed by atoms with Crippen LogP contribution < -0.4 is 20.7 Å². The SMILES string of the molecule is COc1ccc(C(CC(=O)OC(C)C)NC(=O)CCNC(=O)NCc2ccccc2)cc1. The molecule has 8 nitrogen and oxygen atoms in total. The number of esters is 1. The molecule has 32 heavy (non-hydrogen) atoms. The number of hydrogen-bond donors (Lipinski definition) is 3. The van der Waals surface area contributed by atoms with E-state index in [9.17, 15) is 14.4 Å². The quantitative estimate of drug-likeness (QED) is 0.465. The van der Waals surface area contributed by atoms with Crippen molar-refractivity contribution in [2.75, 3.05) is 13.7 Å². The fraction of sp³-hybridized carbons (Fsp3) is 0.375. The average molecular weight is 442 g/mol. The first-order chi connectivity index (χ1) is 15.4. The molecule has 0 saturated carbocycles. The van der Waals surface area contributed by atoms with Gasteiger partial charge in [-0.1, -0.05) is 42.5 Å². The van der Waals surface area contributed by atoms with Crippen molar-refractivity contribution in [1.29, 1.82) is 0 Å². The maximum atomic E-state index is 12.5. The van der Waals surface area contributed by atoms with Crippen LogP contribution in [0, 0.1) is 0 Å². The summed E-state index contributed by atoms with van der Waals surface area (Å²) in [7, 11) is 1.57. The van der Waals surface area contributed by atoms with Gasteiger partial charge in [-0.3, -0.25) is 9.59 Å². The Morgan fingerprint density at radius 3 is 2.25 bits per heavy atom. The van der Waals surface area contributed by atoms with Gasteiger partial charge in [0.1, 0.15) is 5.75 Å². The van der Waals surface area contributed by atoms with Crippen molar-refractivity contribution in [2.45, 2.75) is 45.4 Å². The molecular weight excluding hydrogens is 410 g/mol. The van der Waals surface area contributed by atoms with Gasteiger partial charge in [-0.15, -0.1) is 0 Å². The van der Waals surface area contributed by atoms with Crippen molar-refractivity contribution in [2.24, 2.45) is 0 Å². The molecule has 0 fully saturated rings. The lowest BCUT2D eigenvalue weighted by Crippen LogP contribution is -2.38. The van der Waals surface area contributed by atoms with Gasteiger partial charge >= 0.3 is 12.0 Å². The lowest BCUT2D eigenvalue weighted by atomic mass is 10.0. The molecule has 0 aromatic heterocycles. The van der Waals surface area contributed by atoms with E-state index >= 15 is 0 Å². The van der Waals surface area contributed by atoms with Gasteiger partial charge in [0.15, 0.2) is 0 Å². The number of amides is 3. The molecule has 0 saturated heterocycles. The number of methoxy groups -OCH3 is 1. The van der Waals surface area contributed by atoms with Crippen LogP contribution in [0.5, 0.6) is 5.75 Å². The zero-order valence-corrected chi connectivity index (χ0v) is 18.7. The second-order valence-electron chi connectivity index (χ2n) is 7.48. The van der Waals surface area contributed by atoms with Gasteiger partial charge in [-0.05, 0) is 37.1 Å². The molecule has 0 aliphatic heterocycles. The lowest BCUT2D eigenvalue weighted by molar-refractivity contribution is -0.148. The highest BCUT2D eigenvalue weighted by Gasteiger charge is 2.20. The molecule has 3 N–H and O–H groups in total. The van der Waals surface area contributed by atoms with Gasteiger partial charge in [-0.2, -0.15) is 0 Å². The monoisotopic (exact) mass is 441 g/mol. The molecule has 0 spiro atoms. The number of carbonyl (C=O) groups is 3. The van der Waals surface area contributed by atoms with E-state index in [1.807, 2.05) is 30.3 Å². The van der Waals surface area contributed by atoms with Crippen molar-refractivity contribution in [3.63, 3.8) is 0 Å². The predicted octanol–water partition coefficient (Wildman–Crippen LogP) is 3.08. The first kappa shape index (κ1) is 24.7. The molecule has 2 rings (SSSR count). The average Bonchev–Trinajstić information content (AvgIpc) is 2.77. The summed E-state index contributed by atoms with van der Waals surface area (Å²) in [4.78, 5) is 36.5. The summed E-state index contributed by atoms with van der Waals surface area (Å²) in [6.07, 6.45) is -0.167. The highest BCUT2D eigenvalue weighted by atomic mass is 16.5. The number of benzene rings is 2. The largest absolute Gasteiger partial charge is 0.497 e. The second kappa shape index (κ2) is 13.0. The number of ether oxygens (including phenoxy) is 2. The summed E-state index contributed by atoms with van der Waals surface area (Å²) in [6, 6.07) is 15.7. The number of hydrogen-bond acceptors (Lipinski definition) is 5. The van der Waals surface area contributed by atoms with Gasteiger partial charge in [0.25, 0.3) is 0 Å². The summed E-state index contributed by atoms with van der Waals surface area (Å²) in [6.45, 7) is 4.11. The van der Waals surface area contributed by atoms with E-state index < -0.39 is 12.0 Å². The molecule has 2 aromatic rings. The van der Waals surface area contributed by atoms with Crippen LogP contribution in [0.1, 0.15) is 43.9 Å². The van der Waals surface area contributed by atoms with E-state index in [-0.39, 0.29) is 37.4 Å². The number of urea groups is 1. The second-order valence-corrected chi connectivity index (χ2v) is 7.48. The summed E-state index contributed by atoms with van der Waals surface area (Å²) in [5.41, 5.74) is 1.74. The fourth-order valence-corrected chi connectivity index (χ4v) is 2.96. The molecule has 0 aliphatic rings. The summed E-state index contributed by atoms with van der Waals surface area (Å²) in [5.74, 6) is -0.0136. The third-order valence-corrected chi connectivity index (χ3v) is 4.52. The number of nitrogens with one attached hydrogen (secondary N) is 3. The minimum atomic E-state index is -0.549. The molecule has 2 aromatic carbocycles. The third kappa shape index (κ3) is 9.07. The molecule has 1 unspecified atom stereocenters. The number of rotatable bonds is 11. The van der Waals surface area contributed by atoms with Crippen LogP contribution in [-0.2, 0) is 20.9 Å². The highest BCUT2D eigenvalue weighted by molar-refractivity contribution is 5.79. The lowest BCUT2D eigenvalue weighted by Gasteiger charge is -2.20. The molecule has 8 heteroatoms. The molecule has 0 bridgehead atoms. The maximum absolute atomic E-state index is 12.5. The molecule has 172 valence electrons. The van der Waals surface area contributed by atoms with Crippen molar-refractivity contribution in [3.8, 4) is 5.75 Å². The van der Waals surface area contributed by atoms with Crippen molar-refractivity contribution in [3.05, 3.63) is 65.7 Å². The minimum absolute atomic E-state index is 0.00123. The Labute approximate surface area is 188 Å². The van der Waals surface area contributed by atoms with E-state index in [1.54, 1.807) is 45.2 Å². The van der Waals surface area contributed by atoms with Gasteiger partial charge in [0.2, 0.25) is 5.91 Å². The van der Waals surface area contributed by atoms with Gasteiger partial charge in [0.05, 0.1) is 25.7 Å². The van der Waals surface area contributed by atoms with E-state index in [0.717, 1.165) is 11.1 Å². The molecular formula is C24H31N3O5. The van der Waals surface area contributed by atoms with Crippen LogP contribution in [0.3, 0.4) is 0 Å². The van der Waals surface area contributed by atoms with Gasteiger partial charge in [0, 0.05) is 19.5 Å². The third-order valence-electron chi connectivity index (χ3n) is 4.52. The van der Waals surface area contributed by atoms with E-state index in [0.29, 0.717) is 12.3 Å². The van der Waals surface area contributed by atoms with E-state index in [1.165, 1.54) is 0 Å². The molecule has 0 radical (unpaired) electrons. The van der Waals surface area contributed by atoms with Crippen LogP contribution >= 0.6 is 0 Å². The Bertz CT molecular complexity index is 869. The van der Waals surface area contributed by atoms with Crippen molar-refractivity contribution < 1.29 is 23.9 Å². The highest BCUT2D eigenvalue weighted by Crippen LogP contribution is 2.21. The summed E-state index contributed by atoms with van der Waals surface area (Å²) in [5, 5.41) is 8.25. The topological polar surface area (TPSA) is 106 Å². The minimum Gasteiger partial charge on any atom is -0.497 e. The molecule has 1 atom stereocenters. The molecule has 0 heterocycles. The Kier molecular flexibility index (Phi) is 10.0. The summed E-state index contributed by atoms with van der Waals surface area (Å²) >= 11 is 0. The Morgan fingerprint density at radius 1 is 0.938 bits per heavy atom. The van der Waals surface area contributed by atoms with Crippen LogP contribution in [0.4, 0.5) is 4.79 Å². The van der Waals surface area contributed by atoms with Crippen molar-refractivity contribution >= 4 is 17.9 Å². The zero-order valence-electron chi connectivity index (χ0n) is 18.7. The Morgan fingerprint density at radius 2 is 1.62 bits per heavy atom. The van der Waals surface area contributed by atoms with Crippen LogP contribution in [0.15, 0.2) is 54.6 Å². The van der Waals surface area contributed by atoms with Crippen molar-refractivity contribution in [1.82, 2.24) is 16.0 Å². The number of carbonyl (C=O) groups excluding carboxylic acids is 3. The smallest absolute Gasteiger partial charge is 0.315 e. The van der Waals surface area contributed by atoms with Crippen LogP contribution in [0.25, 0.3) is 0 Å². The predicted molar refractivity (Wildman–Crippen MR) is 121 cm³/mol. The van der Waals surface area contributed by atoms with Crippen LogP contribution in [0.2, 0.25) is 0 Å². The Balaban J connectivity index is 1.85. The first-order valence-corrected chi connectivity index (χ1v) is 10.6. The zero-order chi connectivity index (χ0) is 23.3. The maximum Gasteiger partial charge on any atom is 0.315 e. The first-order valence-electron chi connectivity index (χ1n) is 10.6. The van der Waals surface area contributed by atoms with E-state index in [2.05, 4.69) is 16.0 Å². The standard InChI is InChI=1S/C24H31N3O5/c1-17(2)32-23(29)15-21(19-9-11-20(31-3)12-10-19)27-22(28)13-14-25-24(30)26-16-18-7-5-4-6-8-18/h4-12,17,21H,13-16H2,1-3H3,(H,27,28)(H2,25,26,30). The normalized spacial score (nSPS) is 11.4. The Hall–Kier alpha value is -3.55. The van der Waals surface area contributed by atoms with Gasteiger partial charge < -0.3 is 25.4 Å². The molecule has 0 aliphatic carbocycles. The van der Waals surface area contributed by atoms with Crippen LogP contribution in [-0.4, -0.2) is 37.7 Å². The van der Waals surface area contributed by atoms with E-state index in [4.69, 9.17) is 9.47 Å².